The Hall–Kier alpha value is -2.76. The lowest BCUT2D eigenvalue weighted by Crippen LogP contribution is -2.47. The number of nitriles is 1. The first-order valence-electron chi connectivity index (χ1n) is 7.90. The van der Waals surface area contributed by atoms with Gasteiger partial charge in [-0.05, 0) is 37.8 Å². The molecule has 1 aromatic heterocycles. The molecule has 1 saturated carbocycles. The number of esters is 1. The SMILES string of the molecule is C[C@H](C1CC1)N(CC(F)(F)F)C(=O)COC(=O)/C(C#N)=C/c1ccco1. The van der Waals surface area contributed by atoms with Crippen LogP contribution in [-0.4, -0.2) is 42.1 Å². The molecular weight excluding hydrogens is 353 g/mol. The zero-order valence-corrected chi connectivity index (χ0v) is 14.0. The molecule has 0 aliphatic heterocycles. The number of carbonyl (C=O) groups is 2. The number of rotatable bonds is 7. The summed E-state index contributed by atoms with van der Waals surface area (Å²) < 4.78 is 47.9. The summed E-state index contributed by atoms with van der Waals surface area (Å²) in [5.74, 6) is -1.81. The van der Waals surface area contributed by atoms with Gasteiger partial charge in [0.05, 0.1) is 6.26 Å². The van der Waals surface area contributed by atoms with Crippen LogP contribution in [-0.2, 0) is 14.3 Å². The van der Waals surface area contributed by atoms with E-state index < -0.39 is 42.8 Å². The van der Waals surface area contributed by atoms with E-state index in [2.05, 4.69) is 0 Å². The van der Waals surface area contributed by atoms with E-state index in [1.807, 2.05) is 0 Å². The number of carbonyl (C=O) groups excluding carboxylic acids is 2. The predicted octanol–water partition coefficient (Wildman–Crippen LogP) is 2.92. The monoisotopic (exact) mass is 370 g/mol. The molecule has 0 radical (unpaired) electrons. The predicted molar refractivity (Wildman–Crippen MR) is 83.2 cm³/mol. The van der Waals surface area contributed by atoms with Crippen molar-refractivity contribution in [2.24, 2.45) is 5.92 Å². The van der Waals surface area contributed by atoms with Crippen LogP contribution in [0.1, 0.15) is 25.5 Å². The largest absolute Gasteiger partial charge is 0.465 e. The van der Waals surface area contributed by atoms with Crippen molar-refractivity contribution >= 4 is 18.0 Å². The number of hydrogen-bond acceptors (Lipinski definition) is 5. The van der Waals surface area contributed by atoms with E-state index in [-0.39, 0.29) is 11.7 Å². The fraction of sp³-hybridized carbons (Fsp3) is 0.471. The number of ether oxygens (including phenoxy) is 1. The molecule has 0 bridgehead atoms. The highest BCUT2D eigenvalue weighted by molar-refractivity contribution is 5.98. The van der Waals surface area contributed by atoms with E-state index in [9.17, 15) is 22.8 Å². The van der Waals surface area contributed by atoms with Gasteiger partial charge in [0.25, 0.3) is 5.91 Å². The molecule has 1 atom stereocenters. The minimum Gasteiger partial charge on any atom is -0.465 e. The molecule has 2 rings (SSSR count). The maximum atomic E-state index is 12.7. The molecule has 0 N–H and O–H groups in total. The molecule has 1 fully saturated rings. The van der Waals surface area contributed by atoms with Gasteiger partial charge in [-0.2, -0.15) is 18.4 Å². The maximum absolute atomic E-state index is 12.7. The summed E-state index contributed by atoms with van der Waals surface area (Å²) in [5, 5.41) is 8.99. The van der Waals surface area contributed by atoms with Crippen LogP contribution in [0.5, 0.6) is 0 Å². The van der Waals surface area contributed by atoms with Crippen molar-refractivity contribution in [3.8, 4) is 6.07 Å². The molecule has 0 unspecified atom stereocenters. The summed E-state index contributed by atoms with van der Waals surface area (Å²) in [6.45, 7) is -0.738. The molecule has 0 saturated heterocycles. The second-order valence-electron chi connectivity index (χ2n) is 5.98. The number of hydrogen-bond donors (Lipinski definition) is 0. The Kier molecular flexibility index (Phi) is 6.08. The molecule has 0 spiro atoms. The number of alkyl halides is 3. The van der Waals surface area contributed by atoms with E-state index in [1.165, 1.54) is 12.3 Å². The Morgan fingerprint density at radius 3 is 2.69 bits per heavy atom. The van der Waals surface area contributed by atoms with Gasteiger partial charge in [-0.25, -0.2) is 4.79 Å². The Labute approximate surface area is 147 Å². The summed E-state index contributed by atoms with van der Waals surface area (Å²) in [7, 11) is 0. The summed E-state index contributed by atoms with van der Waals surface area (Å²) in [6, 6.07) is 4.05. The fourth-order valence-corrected chi connectivity index (χ4v) is 2.43. The smallest absolute Gasteiger partial charge is 0.406 e. The van der Waals surface area contributed by atoms with Gasteiger partial charge in [0.15, 0.2) is 6.61 Å². The number of nitrogens with zero attached hydrogens (tertiary/aromatic N) is 2. The first kappa shape index (κ1) is 19.6. The number of amides is 1. The normalized spacial score (nSPS) is 15.9. The summed E-state index contributed by atoms with van der Waals surface area (Å²) in [6.07, 6.45) is -0.586. The highest BCUT2D eigenvalue weighted by Crippen LogP contribution is 2.36. The van der Waals surface area contributed by atoms with Gasteiger partial charge >= 0.3 is 12.1 Å². The van der Waals surface area contributed by atoms with E-state index in [1.54, 1.807) is 19.1 Å². The lowest BCUT2D eigenvalue weighted by molar-refractivity contribution is -0.170. The summed E-state index contributed by atoms with van der Waals surface area (Å²) in [4.78, 5) is 24.7. The molecule has 1 heterocycles. The molecule has 0 aromatic carbocycles. The zero-order valence-electron chi connectivity index (χ0n) is 14.0. The molecule has 9 heteroatoms. The zero-order chi connectivity index (χ0) is 19.3. The van der Waals surface area contributed by atoms with Crippen LogP contribution < -0.4 is 0 Å². The lowest BCUT2D eigenvalue weighted by atomic mass is 10.2. The van der Waals surface area contributed by atoms with Crippen LogP contribution in [0.25, 0.3) is 6.08 Å². The van der Waals surface area contributed by atoms with Crippen molar-refractivity contribution in [2.75, 3.05) is 13.2 Å². The van der Waals surface area contributed by atoms with Crippen molar-refractivity contribution in [2.45, 2.75) is 32.0 Å². The minimum atomic E-state index is -4.56. The van der Waals surface area contributed by atoms with Gasteiger partial charge in [0.2, 0.25) is 0 Å². The van der Waals surface area contributed by atoms with Gasteiger partial charge in [-0.15, -0.1) is 0 Å². The van der Waals surface area contributed by atoms with Gasteiger partial charge < -0.3 is 14.1 Å². The van der Waals surface area contributed by atoms with Gasteiger partial charge in [-0.3, -0.25) is 4.79 Å². The van der Waals surface area contributed by atoms with E-state index in [0.29, 0.717) is 4.90 Å². The van der Waals surface area contributed by atoms with Crippen molar-refractivity contribution in [3.63, 3.8) is 0 Å². The minimum absolute atomic E-state index is 0.0190. The molecule has 140 valence electrons. The van der Waals surface area contributed by atoms with Crippen LogP contribution >= 0.6 is 0 Å². The highest BCUT2D eigenvalue weighted by atomic mass is 19.4. The summed E-state index contributed by atoms with van der Waals surface area (Å²) in [5.41, 5.74) is -0.426. The third-order valence-electron chi connectivity index (χ3n) is 3.96. The maximum Gasteiger partial charge on any atom is 0.406 e. The Balaban J connectivity index is 1.99. The Bertz CT molecular complexity index is 715. The van der Waals surface area contributed by atoms with E-state index in [0.717, 1.165) is 18.9 Å². The molecule has 6 nitrogen and oxygen atoms in total. The van der Waals surface area contributed by atoms with Crippen LogP contribution in [0.4, 0.5) is 13.2 Å². The Morgan fingerprint density at radius 1 is 1.50 bits per heavy atom. The molecule has 1 aliphatic rings. The molecular formula is C17H17F3N2O4. The Morgan fingerprint density at radius 2 is 2.19 bits per heavy atom. The molecule has 26 heavy (non-hydrogen) atoms. The van der Waals surface area contributed by atoms with Crippen molar-refractivity contribution in [1.82, 2.24) is 4.90 Å². The second-order valence-corrected chi connectivity index (χ2v) is 5.98. The molecule has 1 aliphatic carbocycles. The highest BCUT2D eigenvalue weighted by Gasteiger charge is 2.40. The number of furan rings is 1. The summed E-state index contributed by atoms with van der Waals surface area (Å²) >= 11 is 0. The standard InChI is InChI=1S/C17H17F3N2O4/c1-11(12-4-5-12)22(10-17(18,19)20)15(23)9-26-16(24)13(8-21)7-14-3-2-6-25-14/h2-3,6-7,11-12H,4-5,9-10H2,1H3/b13-7+/t11-/m1/s1. The van der Waals surface area contributed by atoms with Gasteiger partial charge in [0.1, 0.15) is 23.9 Å². The van der Waals surface area contributed by atoms with E-state index in [4.69, 9.17) is 14.4 Å². The van der Waals surface area contributed by atoms with Gasteiger partial charge in [-0.1, -0.05) is 0 Å². The third kappa shape index (κ3) is 5.65. The lowest BCUT2D eigenvalue weighted by Gasteiger charge is -2.30. The number of halogens is 3. The second kappa shape index (κ2) is 8.08. The van der Waals surface area contributed by atoms with Crippen molar-refractivity contribution in [1.29, 1.82) is 5.26 Å². The first-order valence-corrected chi connectivity index (χ1v) is 7.90. The van der Waals surface area contributed by atoms with Gasteiger partial charge in [0, 0.05) is 12.1 Å². The molecule has 1 aromatic rings. The average molecular weight is 370 g/mol. The van der Waals surface area contributed by atoms with E-state index >= 15 is 0 Å². The third-order valence-corrected chi connectivity index (χ3v) is 3.96. The van der Waals surface area contributed by atoms with Crippen LogP contribution in [0.15, 0.2) is 28.4 Å². The van der Waals surface area contributed by atoms with Crippen molar-refractivity contribution < 1.29 is 31.9 Å². The molecule has 1 amide bonds. The van der Waals surface area contributed by atoms with Crippen LogP contribution in [0.3, 0.4) is 0 Å². The van der Waals surface area contributed by atoms with Crippen LogP contribution in [0.2, 0.25) is 0 Å². The average Bonchev–Trinajstić information content (AvgIpc) is 3.30. The first-order chi connectivity index (χ1) is 12.2. The van der Waals surface area contributed by atoms with Crippen molar-refractivity contribution in [3.05, 3.63) is 29.7 Å². The fourth-order valence-electron chi connectivity index (χ4n) is 2.43. The van der Waals surface area contributed by atoms with Crippen LogP contribution in [0, 0.1) is 17.2 Å². The quantitative estimate of drug-likeness (QED) is 0.419. The topological polar surface area (TPSA) is 83.5 Å².